The van der Waals surface area contributed by atoms with E-state index in [1.54, 1.807) is 0 Å². The Bertz CT molecular complexity index is 688. The lowest BCUT2D eigenvalue weighted by molar-refractivity contribution is -0.361. The van der Waals surface area contributed by atoms with Crippen LogP contribution in [0.3, 0.4) is 0 Å². The van der Waals surface area contributed by atoms with E-state index in [9.17, 15) is 44.1 Å². The summed E-state index contributed by atoms with van der Waals surface area (Å²) in [5.41, 5.74) is -5.39. The molecule has 0 saturated heterocycles. The Hall–Kier alpha value is -1.30. The van der Waals surface area contributed by atoms with Crippen molar-refractivity contribution in [3.63, 3.8) is 0 Å². The van der Waals surface area contributed by atoms with Crippen LogP contribution in [0.5, 0.6) is 0 Å². The molecule has 34 heavy (non-hydrogen) atoms. The minimum absolute atomic E-state index is 0.0252. The van der Waals surface area contributed by atoms with Gasteiger partial charge in [0.1, 0.15) is 0 Å². The maximum atomic E-state index is 13.1. The van der Waals surface area contributed by atoms with Crippen molar-refractivity contribution in [1.29, 1.82) is 0 Å². The summed E-state index contributed by atoms with van der Waals surface area (Å²) < 4.78 is 114. The van der Waals surface area contributed by atoms with Crippen LogP contribution in [0.1, 0.15) is 96.8 Å². The SMILES string of the molecule is CCCCCCCC/C=C/CCCCCCCC(=O)OC(CS(=O)(=O)[O-])(C(F)(F)F)C(F)(F)F. The van der Waals surface area contributed by atoms with Crippen LogP contribution in [0.15, 0.2) is 12.2 Å². The van der Waals surface area contributed by atoms with Crippen molar-refractivity contribution in [1.82, 2.24) is 0 Å². The summed E-state index contributed by atoms with van der Waals surface area (Å²) in [5.74, 6) is -4.83. The van der Waals surface area contributed by atoms with E-state index in [2.05, 4.69) is 23.8 Å². The Kier molecular flexibility index (Phi) is 15.0. The number of halogens is 6. The topological polar surface area (TPSA) is 83.5 Å². The van der Waals surface area contributed by atoms with Gasteiger partial charge in [-0.1, -0.05) is 70.4 Å². The highest BCUT2D eigenvalue weighted by Crippen LogP contribution is 2.47. The Morgan fingerprint density at radius 3 is 1.59 bits per heavy atom. The highest BCUT2D eigenvalue weighted by Gasteiger charge is 2.75. The number of esters is 1. The standard InChI is InChI=1S/C22H36F6O5S/c1-2-3-4-5-6-7-8-9-10-11-12-13-14-15-16-17-19(29)33-20(21(23,24)25,22(26,27)28)18-34(30,31)32/h9-10H,2-8,11-18H2,1H3,(H,30,31,32)/p-1/b10-9+. The first kappa shape index (κ1) is 32.7. The van der Waals surface area contributed by atoms with Crippen LogP contribution in [0.2, 0.25) is 0 Å². The zero-order chi connectivity index (χ0) is 26.3. The molecule has 0 fully saturated rings. The average Bonchev–Trinajstić information content (AvgIpc) is 2.67. The second-order valence-corrected chi connectivity index (χ2v) is 9.74. The lowest BCUT2D eigenvalue weighted by Crippen LogP contribution is -2.63. The van der Waals surface area contributed by atoms with Crippen molar-refractivity contribution in [3.8, 4) is 0 Å². The van der Waals surface area contributed by atoms with Gasteiger partial charge >= 0.3 is 23.9 Å². The van der Waals surface area contributed by atoms with Crippen LogP contribution in [0.25, 0.3) is 0 Å². The fourth-order valence-corrected chi connectivity index (χ4v) is 4.19. The molecule has 0 amide bonds. The molecule has 0 N–H and O–H groups in total. The molecule has 0 aliphatic heterocycles. The first-order valence-corrected chi connectivity index (χ1v) is 13.2. The molecule has 0 rings (SSSR count). The van der Waals surface area contributed by atoms with Crippen LogP contribution >= 0.6 is 0 Å². The number of carbonyl (C=O) groups is 1. The number of rotatable bonds is 18. The van der Waals surface area contributed by atoms with Gasteiger partial charge in [0.15, 0.2) is 0 Å². The molecule has 0 radical (unpaired) electrons. The highest BCUT2D eigenvalue weighted by molar-refractivity contribution is 7.85. The summed E-state index contributed by atoms with van der Waals surface area (Å²) in [7, 11) is -6.02. The minimum Gasteiger partial charge on any atom is -0.748 e. The zero-order valence-corrected chi connectivity index (χ0v) is 20.3. The Morgan fingerprint density at radius 2 is 1.18 bits per heavy atom. The van der Waals surface area contributed by atoms with Gasteiger partial charge < -0.3 is 9.29 Å². The number of hydrogen-bond acceptors (Lipinski definition) is 5. The van der Waals surface area contributed by atoms with Crippen LogP contribution in [0, 0.1) is 0 Å². The minimum atomic E-state index is -6.33. The highest BCUT2D eigenvalue weighted by atomic mass is 32.2. The van der Waals surface area contributed by atoms with E-state index in [1.165, 1.54) is 32.1 Å². The molecule has 0 atom stereocenters. The van der Waals surface area contributed by atoms with Crippen molar-refractivity contribution in [3.05, 3.63) is 12.2 Å². The summed E-state index contributed by atoms with van der Waals surface area (Å²) in [6, 6.07) is 0. The van der Waals surface area contributed by atoms with Crippen LogP contribution < -0.4 is 0 Å². The molecule has 5 nitrogen and oxygen atoms in total. The van der Waals surface area contributed by atoms with Crippen molar-refractivity contribution >= 4 is 16.1 Å². The van der Waals surface area contributed by atoms with Crippen LogP contribution in [0.4, 0.5) is 26.3 Å². The number of hydrogen-bond donors (Lipinski definition) is 0. The molecule has 0 aliphatic rings. The van der Waals surface area contributed by atoms with Gasteiger partial charge in [-0.2, -0.15) is 26.3 Å². The molecule has 0 heterocycles. The van der Waals surface area contributed by atoms with Crippen molar-refractivity contribution in [2.24, 2.45) is 0 Å². The molecule has 0 aliphatic carbocycles. The molecule has 12 heteroatoms. The zero-order valence-electron chi connectivity index (χ0n) is 19.5. The van der Waals surface area contributed by atoms with Gasteiger partial charge in [-0.3, -0.25) is 4.79 Å². The lowest BCUT2D eigenvalue weighted by Gasteiger charge is -2.36. The second-order valence-electron chi connectivity index (χ2n) is 8.33. The summed E-state index contributed by atoms with van der Waals surface area (Å²) in [4.78, 5) is 11.6. The van der Waals surface area contributed by atoms with Gasteiger partial charge in [0.2, 0.25) is 0 Å². The van der Waals surface area contributed by atoms with E-state index in [0.717, 1.165) is 32.1 Å². The normalized spacial score (nSPS) is 13.5. The molecule has 0 bridgehead atoms. The van der Waals surface area contributed by atoms with Crippen molar-refractivity contribution in [2.75, 3.05) is 5.75 Å². The summed E-state index contributed by atoms with van der Waals surface area (Å²) >= 11 is 0. The van der Waals surface area contributed by atoms with Crippen LogP contribution in [-0.2, 0) is 19.6 Å². The number of ether oxygens (including phenoxy) is 1. The maximum absolute atomic E-state index is 13.1. The van der Waals surface area contributed by atoms with Crippen molar-refractivity contribution in [2.45, 2.75) is 115 Å². The number of unbranched alkanes of at least 4 members (excludes halogenated alkanes) is 11. The van der Waals surface area contributed by atoms with E-state index in [-0.39, 0.29) is 6.42 Å². The molecule has 0 spiro atoms. The van der Waals surface area contributed by atoms with E-state index < -0.39 is 46.2 Å². The summed E-state index contributed by atoms with van der Waals surface area (Å²) in [5, 5.41) is 0. The molecular weight excluding hydrogens is 490 g/mol. The lowest BCUT2D eigenvalue weighted by atomic mass is 10.0. The summed E-state index contributed by atoms with van der Waals surface area (Å²) in [6.07, 6.45) is 2.67. The third-order valence-corrected chi connectivity index (χ3v) is 5.99. The summed E-state index contributed by atoms with van der Waals surface area (Å²) in [6.45, 7) is 2.17. The molecule has 0 aromatic carbocycles. The van der Waals surface area contributed by atoms with E-state index in [0.29, 0.717) is 12.8 Å². The monoisotopic (exact) mass is 525 g/mol. The Balaban J connectivity index is 4.28. The first-order valence-electron chi connectivity index (χ1n) is 11.6. The molecule has 0 aromatic rings. The van der Waals surface area contributed by atoms with Gasteiger partial charge in [-0.15, -0.1) is 0 Å². The fraction of sp³-hybridized carbons (Fsp3) is 0.864. The quantitative estimate of drug-likeness (QED) is 0.0634. The first-order chi connectivity index (χ1) is 15.7. The van der Waals surface area contributed by atoms with Gasteiger partial charge in [0.05, 0.1) is 15.9 Å². The molecule has 0 saturated carbocycles. The fourth-order valence-electron chi connectivity index (χ4n) is 3.30. The molecule has 0 aromatic heterocycles. The smallest absolute Gasteiger partial charge is 0.438 e. The van der Waals surface area contributed by atoms with Gasteiger partial charge in [-0.25, -0.2) is 8.42 Å². The molecule has 0 unspecified atom stereocenters. The Morgan fingerprint density at radius 1 is 0.765 bits per heavy atom. The predicted octanol–water partition coefficient (Wildman–Crippen LogP) is 6.98. The predicted molar refractivity (Wildman–Crippen MR) is 115 cm³/mol. The van der Waals surface area contributed by atoms with Crippen LogP contribution in [-0.4, -0.2) is 42.6 Å². The Labute approximate surface area is 198 Å². The van der Waals surface area contributed by atoms with Crippen molar-refractivity contribution < 1.29 is 48.8 Å². The van der Waals surface area contributed by atoms with Gasteiger partial charge in [0.25, 0.3) is 0 Å². The van der Waals surface area contributed by atoms with E-state index >= 15 is 0 Å². The largest absolute Gasteiger partial charge is 0.748 e. The van der Waals surface area contributed by atoms with Gasteiger partial charge in [0, 0.05) is 6.42 Å². The average molecular weight is 526 g/mol. The van der Waals surface area contributed by atoms with E-state index in [1.807, 2.05) is 0 Å². The number of carbonyl (C=O) groups excluding carboxylic acids is 1. The number of alkyl halides is 6. The third kappa shape index (κ3) is 13.6. The maximum Gasteiger partial charge on any atom is 0.438 e. The van der Waals surface area contributed by atoms with Gasteiger partial charge in [-0.05, 0) is 32.1 Å². The molecular formula is C22H35F6O5S-. The molecule has 202 valence electrons. The second kappa shape index (κ2) is 15.6. The third-order valence-electron chi connectivity index (χ3n) is 5.23. The van der Waals surface area contributed by atoms with E-state index in [4.69, 9.17) is 0 Å². The number of allylic oxidation sites excluding steroid dienone is 2.